The molecule has 0 spiro atoms. The second-order valence-corrected chi connectivity index (χ2v) is 11.3. The molecule has 42 heavy (non-hydrogen) atoms. The summed E-state index contributed by atoms with van der Waals surface area (Å²) in [7, 11) is 0. The maximum atomic E-state index is 13.6. The van der Waals surface area contributed by atoms with Crippen molar-refractivity contribution in [1.29, 1.82) is 0 Å². The van der Waals surface area contributed by atoms with E-state index in [-0.39, 0.29) is 6.03 Å². The minimum atomic E-state index is -0.800. The molecule has 5 nitrogen and oxygen atoms in total. The molecule has 6 heteroatoms. The van der Waals surface area contributed by atoms with Crippen molar-refractivity contribution in [3.05, 3.63) is 132 Å². The predicted octanol–water partition coefficient (Wildman–Crippen LogP) is 9.24. The van der Waals surface area contributed by atoms with Crippen molar-refractivity contribution >= 4 is 45.9 Å². The lowest BCUT2D eigenvalue weighted by molar-refractivity contribution is -0.138. The SMILES string of the molecule is CCC(C(=O)O)c1ccc(Sc2ccc(N(CCCc3ccccc3)C(=O)Nc3ccc4ccccc4c3)cc2)cc1. The number of carboxylic acids is 1. The van der Waals surface area contributed by atoms with Gasteiger partial charge in [0.1, 0.15) is 0 Å². The van der Waals surface area contributed by atoms with Gasteiger partial charge in [0, 0.05) is 27.7 Å². The highest BCUT2D eigenvalue weighted by Gasteiger charge is 2.18. The second-order valence-electron chi connectivity index (χ2n) is 10.2. The molecule has 0 aromatic heterocycles. The summed E-state index contributed by atoms with van der Waals surface area (Å²) in [5.74, 6) is -1.29. The lowest BCUT2D eigenvalue weighted by Crippen LogP contribution is -2.36. The zero-order chi connectivity index (χ0) is 29.3. The van der Waals surface area contributed by atoms with Crippen LogP contribution in [0.2, 0.25) is 0 Å². The Morgan fingerprint density at radius 3 is 2.10 bits per heavy atom. The number of aryl methyl sites for hydroxylation is 1. The first-order chi connectivity index (χ1) is 20.5. The van der Waals surface area contributed by atoms with E-state index in [4.69, 9.17) is 0 Å². The topological polar surface area (TPSA) is 69.6 Å². The van der Waals surface area contributed by atoms with Crippen LogP contribution in [0.15, 0.2) is 131 Å². The summed E-state index contributed by atoms with van der Waals surface area (Å²) < 4.78 is 0. The van der Waals surface area contributed by atoms with Gasteiger partial charge in [-0.2, -0.15) is 0 Å². The summed E-state index contributed by atoms with van der Waals surface area (Å²) in [6.07, 6.45) is 2.26. The highest BCUT2D eigenvalue weighted by Crippen LogP contribution is 2.31. The van der Waals surface area contributed by atoms with Gasteiger partial charge in [-0.1, -0.05) is 91.5 Å². The summed E-state index contributed by atoms with van der Waals surface area (Å²) in [5, 5.41) is 14.7. The molecule has 5 rings (SSSR count). The van der Waals surface area contributed by atoms with Crippen molar-refractivity contribution in [2.45, 2.75) is 41.9 Å². The zero-order valence-electron chi connectivity index (χ0n) is 23.6. The van der Waals surface area contributed by atoms with Gasteiger partial charge in [-0.3, -0.25) is 9.69 Å². The van der Waals surface area contributed by atoms with Crippen molar-refractivity contribution in [2.75, 3.05) is 16.8 Å². The fourth-order valence-corrected chi connectivity index (χ4v) is 5.86. The Kier molecular flexibility index (Phi) is 9.57. The van der Waals surface area contributed by atoms with Gasteiger partial charge >= 0.3 is 12.0 Å². The van der Waals surface area contributed by atoms with Crippen LogP contribution in [0.1, 0.15) is 36.8 Å². The molecule has 0 bridgehead atoms. The zero-order valence-corrected chi connectivity index (χ0v) is 24.4. The normalized spacial score (nSPS) is 11.6. The van der Waals surface area contributed by atoms with Gasteiger partial charge in [0.05, 0.1) is 5.92 Å². The molecule has 0 saturated carbocycles. The van der Waals surface area contributed by atoms with E-state index >= 15 is 0 Å². The second kappa shape index (κ2) is 13.9. The predicted molar refractivity (Wildman–Crippen MR) is 173 cm³/mol. The van der Waals surface area contributed by atoms with E-state index in [1.807, 2.05) is 110 Å². The molecule has 1 atom stereocenters. The van der Waals surface area contributed by atoms with Crippen LogP contribution in [0.25, 0.3) is 10.8 Å². The first kappa shape index (κ1) is 29.0. The quantitative estimate of drug-likeness (QED) is 0.165. The van der Waals surface area contributed by atoms with E-state index < -0.39 is 11.9 Å². The number of hydrogen-bond acceptors (Lipinski definition) is 3. The Hall–Kier alpha value is -4.55. The Morgan fingerprint density at radius 2 is 1.43 bits per heavy atom. The number of aliphatic carboxylic acids is 1. The third kappa shape index (κ3) is 7.39. The van der Waals surface area contributed by atoms with Crippen LogP contribution < -0.4 is 10.2 Å². The molecule has 0 radical (unpaired) electrons. The Morgan fingerprint density at radius 1 is 0.786 bits per heavy atom. The van der Waals surface area contributed by atoms with Crippen LogP contribution in [0, 0.1) is 0 Å². The molecule has 2 amide bonds. The number of carbonyl (C=O) groups excluding carboxylic acids is 1. The number of carboxylic acid groups (broad SMARTS) is 1. The molecule has 5 aromatic rings. The summed E-state index contributed by atoms with van der Waals surface area (Å²) in [4.78, 5) is 29.0. The minimum absolute atomic E-state index is 0.168. The third-order valence-corrected chi connectivity index (χ3v) is 8.32. The van der Waals surface area contributed by atoms with E-state index in [1.54, 1.807) is 16.7 Å². The number of anilines is 2. The highest BCUT2D eigenvalue weighted by molar-refractivity contribution is 7.99. The summed E-state index contributed by atoms with van der Waals surface area (Å²) in [6, 6.07) is 39.9. The number of rotatable bonds is 11. The van der Waals surface area contributed by atoms with Crippen LogP contribution in [-0.4, -0.2) is 23.7 Å². The lowest BCUT2D eigenvalue weighted by atomic mass is 9.97. The molecule has 2 N–H and O–H groups in total. The van der Waals surface area contributed by atoms with Crippen molar-refractivity contribution in [3.63, 3.8) is 0 Å². The van der Waals surface area contributed by atoms with Gasteiger partial charge in [0.2, 0.25) is 0 Å². The fraction of sp³-hybridized carbons (Fsp3) is 0.167. The largest absolute Gasteiger partial charge is 0.481 e. The van der Waals surface area contributed by atoms with Gasteiger partial charge in [-0.05, 0) is 89.7 Å². The average Bonchev–Trinajstić information content (AvgIpc) is 3.01. The Balaban J connectivity index is 1.30. The van der Waals surface area contributed by atoms with Gasteiger partial charge in [-0.25, -0.2) is 4.79 Å². The number of carbonyl (C=O) groups is 2. The molecular weight excluding hydrogens is 540 g/mol. The van der Waals surface area contributed by atoms with E-state index in [9.17, 15) is 14.7 Å². The van der Waals surface area contributed by atoms with E-state index in [1.165, 1.54) is 5.56 Å². The number of urea groups is 1. The van der Waals surface area contributed by atoms with Crippen LogP contribution in [0.3, 0.4) is 0 Å². The van der Waals surface area contributed by atoms with Crippen LogP contribution in [0.5, 0.6) is 0 Å². The Bertz CT molecular complexity index is 1640. The molecule has 5 aromatic carbocycles. The first-order valence-electron chi connectivity index (χ1n) is 14.2. The number of nitrogens with zero attached hydrogens (tertiary/aromatic N) is 1. The highest BCUT2D eigenvalue weighted by atomic mass is 32.2. The standard InChI is InChI=1S/C36H34N2O3S/c1-2-34(35(39)40)28-15-20-32(21-16-28)42-33-22-18-31(19-23-33)38(24-8-11-26-9-4-3-5-10-26)36(41)37-30-17-14-27-12-6-7-13-29(27)25-30/h3-7,9-10,12-23,25,34H,2,8,11,24H2,1H3,(H,37,41)(H,39,40). The lowest BCUT2D eigenvalue weighted by Gasteiger charge is -2.24. The molecule has 212 valence electrons. The molecule has 0 heterocycles. The van der Waals surface area contributed by atoms with Crippen LogP contribution in [-0.2, 0) is 11.2 Å². The summed E-state index contributed by atoms with van der Waals surface area (Å²) in [5.41, 5.74) is 3.65. The summed E-state index contributed by atoms with van der Waals surface area (Å²) >= 11 is 1.61. The molecular formula is C36H34N2O3S. The van der Waals surface area contributed by atoms with Crippen molar-refractivity contribution in [1.82, 2.24) is 0 Å². The van der Waals surface area contributed by atoms with Gasteiger partial charge in [0.15, 0.2) is 0 Å². The van der Waals surface area contributed by atoms with Crippen LogP contribution in [0.4, 0.5) is 16.2 Å². The average molecular weight is 575 g/mol. The smallest absolute Gasteiger partial charge is 0.326 e. The summed E-state index contributed by atoms with van der Waals surface area (Å²) in [6.45, 7) is 2.46. The molecule has 0 fully saturated rings. The van der Waals surface area contributed by atoms with Crippen molar-refractivity contribution in [3.8, 4) is 0 Å². The van der Waals surface area contributed by atoms with Gasteiger partial charge in [-0.15, -0.1) is 0 Å². The van der Waals surface area contributed by atoms with E-state index in [2.05, 4.69) is 23.5 Å². The number of hydrogen-bond donors (Lipinski definition) is 2. The number of fused-ring (bicyclic) bond motifs is 1. The molecule has 0 aliphatic carbocycles. The van der Waals surface area contributed by atoms with Crippen molar-refractivity contribution < 1.29 is 14.7 Å². The van der Waals surface area contributed by atoms with Gasteiger partial charge < -0.3 is 10.4 Å². The molecule has 0 saturated heterocycles. The fourth-order valence-electron chi connectivity index (χ4n) is 5.04. The number of benzene rings is 5. The van der Waals surface area contributed by atoms with E-state index in [0.717, 1.165) is 50.3 Å². The minimum Gasteiger partial charge on any atom is -0.481 e. The molecule has 1 unspecified atom stereocenters. The number of nitrogens with one attached hydrogen (secondary N) is 1. The molecule has 0 aliphatic heterocycles. The van der Waals surface area contributed by atoms with Crippen LogP contribution >= 0.6 is 11.8 Å². The first-order valence-corrected chi connectivity index (χ1v) is 15.0. The molecule has 0 aliphatic rings. The number of amides is 2. The maximum absolute atomic E-state index is 13.6. The monoisotopic (exact) mass is 574 g/mol. The third-order valence-electron chi connectivity index (χ3n) is 7.31. The van der Waals surface area contributed by atoms with Gasteiger partial charge in [0.25, 0.3) is 0 Å². The van der Waals surface area contributed by atoms with E-state index in [0.29, 0.717) is 13.0 Å². The Labute approximate surface area is 251 Å². The van der Waals surface area contributed by atoms with Crippen molar-refractivity contribution in [2.24, 2.45) is 0 Å². The maximum Gasteiger partial charge on any atom is 0.326 e.